The molecule has 3 heteroatoms. The zero-order chi connectivity index (χ0) is 14.9. The van der Waals surface area contributed by atoms with Gasteiger partial charge >= 0.3 is 5.97 Å². The van der Waals surface area contributed by atoms with Crippen molar-refractivity contribution in [3.05, 3.63) is 78.0 Å². The lowest BCUT2D eigenvalue weighted by atomic mass is 10.1. The first-order valence-corrected chi connectivity index (χ1v) is 7.01. The van der Waals surface area contributed by atoms with E-state index in [4.69, 9.17) is 4.74 Å². The summed E-state index contributed by atoms with van der Waals surface area (Å²) in [4.78, 5) is 12.1. The highest BCUT2D eigenvalue weighted by Gasteiger charge is 2.12. The summed E-state index contributed by atoms with van der Waals surface area (Å²) in [5, 5.41) is 3.18. The van der Waals surface area contributed by atoms with E-state index in [0.29, 0.717) is 18.7 Å². The molecule has 0 bridgehead atoms. The standard InChI is InChI=1S/C18H19NO2/c1-2-21-18(20)17(16-11-7-4-8-12-16)14-19-13-15-9-5-3-6-10-15/h3-12,14,19H,2,13H2,1H3. The molecule has 0 radical (unpaired) electrons. The summed E-state index contributed by atoms with van der Waals surface area (Å²) in [5.74, 6) is -0.315. The van der Waals surface area contributed by atoms with Gasteiger partial charge in [0.05, 0.1) is 12.2 Å². The highest BCUT2D eigenvalue weighted by atomic mass is 16.5. The van der Waals surface area contributed by atoms with Crippen LogP contribution >= 0.6 is 0 Å². The Morgan fingerprint density at radius 2 is 1.67 bits per heavy atom. The van der Waals surface area contributed by atoms with Crippen LogP contribution in [0.5, 0.6) is 0 Å². The molecular weight excluding hydrogens is 262 g/mol. The number of benzene rings is 2. The van der Waals surface area contributed by atoms with Gasteiger partial charge in [-0.05, 0) is 18.1 Å². The minimum atomic E-state index is -0.315. The van der Waals surface area contributed by atoms with Crippen LogP contribution in [0.1, 0.15) is 18.1 Å². The Balaban J connectivity index is 2.11. The highest BCUT2D eigenvalue weighted by Crippen LogP contribution is 2.15. The third kappa shape index (κ3) is 4.49. The fraction of sp³-hybridized carbons (Fsp3) is 0.167. The van der Waals surface area contributed by atoms with Crippen molar-refractivity contribution >= 4 is 11.5 Å². The summed E-state index contributed by atoms with van der Waals surface area (Å²) in [5.41, 5.74) is 2.54. The maximum absolute atomic E-state index is 12.1. The van der Waals surface area contributed by atoms with Crippen LogP contribution in [0.15, 0.2) is 66.9 Å². The minimum Gasteiger partial charge on any atom is -0.462 e. The van der Waals surface area contributed by atoms with Crippen LogP contribution in [-0.4, -0.2) is 12.6 Å². The number of carbonyl (C=O) groups is 1. The van der Waals surface area contributed by atoms with Gasteiger partial charge in [-0.2, -0.15) is 0 Å². The first-order valence-electron chi connectivity index (χ1n) is 7.01. The number of esters is 1. The van der Waals surface area contributed by atoms with Crippen molar-refractivity contribution in [2.45, 2.75) is 13.5 Å². The molecule has 0 fully saturated rings. The first-order chi connectivity index (χ1) is 10.3. The lowest BCUT2D eigenvalue weighted by Crippen LogP contribution is -2.12. The molecule has 0 saturated carbocycles. The molecule has 0 saturated heterocycles. The van der Waals surface area contributed by atoms with Crippen LogP contribution in [0, 0.1) is 0 Å². The predicted molar refractivity (Wildman–Crippen MR) is 84.3 cm³/mol. The van der Waals surface area contributed by atoms with E-state index in [1.54, 1.807) is 13.1 Å². The summed E-state index contributed by atoms with van der Waals surface area (Å²) in [6.45, 7) is 2.83. The molecule has 0 unspecified atom stereocenters. The number of hydrogen-bond acceptors (Lipinski definition) is 3. The largest absolute Gasteiger partial charge is 0.462 e. The summed E-state index contributed by atoms with van der Waals surface area (Å²) >= 11 is 0. The normalized spacial score (nSPS) is 11.0. The Hall–Kier alpha value is -2.55. The number of nitrogens with one attached hydrogen (secondary N) is 1. The lowest BCUT2D eigenvalue weighted by Gasteiger charge is -2.08. The summed E-state index contributed by atoms with van der Waals surface area (Å²) < 4.78 is 5.11. The van der Waals surface area contributed by atoms with Crippen molar-refractivity contribution < 1.29 is 9.53 Å². The van der Waals surface area contributed by atoms with Crippen LogP contribution in [0.3, 0.4) is 0 Å². The molecule has 0 aliphatic rings. The van der Waals surface area contributed by atoms with Gasteiger partial charge in [0.2, 0.25) is 0 Å². The van der Waals surface area contributed by atoms with Crippen LogP contribution in [0.4, 0.5) is 0 Å². The molecular formula is C18H19NO2. The molecule has 1 N–H and O–H groups in total. The van der Waals surface area contributed by atoms with E-state index in [2.05, 4.69) is 5.32 Å². The number of ether oxygens (including phenoxy) is 1. The van der Waals surface area contributed by atoms with Gasteiger partial charge < -0.3 is 10.1 Å². The van der Waals surface area contributed by atoms with Gasteiger partial charge in [0.15, 0.2) is 0 Å². The second-order valence-corrected chi connectivity index (χ2v) is 4.51. The Kier molecular flexibility index (Phi) is 5.59. The van der Waals surface area contributed by atoms with Gasteiger partial charge in [-0.15, -0.1) is 0 Å². The molecule has 0 heterocycles. The molecule has 2 aromatic rings. The molecule has 21 heavy (non-hydrogen) atoms. The monoisotopic (exact) mass is 281 g/mol. The molecule has 0 amide bonds. The van der Waals surface area contributed by atoms with Crippen molar-refractivity contribution in [2.75, 3.05) is 6.61 Å². The van der Waals surface area contributed by atoms with Crippen molar-refractivity contribution in [3.8, 4) is 0 Å². The van der Waals surface area contributed by atoms with Crippen molar-refractivity contribution in [3.63, 3.8) is 0 Å². The van der Waals surface area contributed by atoms with Crippen LogP contribution in [0.25, 0.3) is 5.57 Å². The second kappa shape index (κ2) is 7.90. The van der Waals surface area contributed by atoms with E-state index in [1.807, 2.05) is 60.7 Å². The molecule has 0 aliphatic heterocycles. The van der Waals surface area contributed by atoms with E-state index >= 15 is 0 Å². The summed E-state index contributed by atoms with van der Waals surface area (Å²) in [7, 11) is 0. The fourth-order valence-corrected chi connectivity index (χ4v) is 1.95. The third-order valence-corrected chi connectivity index (χ3v) is 2.98. The Labute approximate surface area is 125 Å². The van der Waals surface area contributed by atoms with E-state index in [1.165, 1.54) is 0 Å². The lowest BCUT2D eigenvalue weighted by molar-refractivity contribution is -0.136. The van der Waals surface area contributed by atoms with Crippen LogP contribution in [-0.2, 0) is 16.1 Å². The summed E-state index contributed by atoms with van der Waals surface area (Å²) in [6, 6.07) is 19.5. The molecule has 0 aromatic heterocycles. The maximum atomic E-state index is 12.1. The molecule has 3 nitrogen and oxygen atoms in total. The predicted octanol–water partition coefficient (Wildman–Crippen LogP) is 3.38. The fourth-order valence-electron chi connectivity index (χ4n) is 1.95. The van der Waals surface area contributed by atoms with Gasteiger partial charge in [0, 0.05) is 12.7 Å². The van der Waals surface area contributed by atoms with E-state index in [0.717, 1.165) is 11.1 Å². The van der Waals surface area contributed by atoms with Crippen molar-refractivity contribution in [1.82, 2.24) is 5.32 Å². The Bertz CT molecular complexity index is 591. The smallest absolute Gasteiger partial charge is 0.340 e. The number of carbonyl (C=O) groups excluding carboxylic acids is 1. The Morgan fingerprint density at radius 3 is 2.29 bits per heavy atom. The minimum absolute atomic E-state index is 0.315. The van der Waals surface area contributed by atoms with E-state index in [-0.39, 0.29) is 5.97 Å². The Morgan fingerprint density at radius 1 is 1.05 bits per heavy atom. The van der Waals surface area contributed by atoms with Crippen LogP contribution in [0.2, 0.25) is 0 Å². The van der Waals surface area contributed by atoms with Gasteiger partial charge in [-0.1, -0.05) is 60.7 Å². The van der Waals surface area contributed by atoms with E-state index < -0.39 is 0 Å². The molecule has 0 atom stereocenters. The zero-order valence-corrected chi connectivity index (χ0v) is 12.1. The number of hydrogen-bond donors (Lipinski definition) is 1. The van der Waals surface area contributed by atoms with Crippen LogP contribution < -0.4 is 5.32 Å². The number of rotatable bonds is 6. The molecule has 2 aromatic carbocycles. The van der Waals surface area contributed by atoms with Crippen molar-refractivity contribution in [1.29, 1.82) is 0 Å². The second-order valence-electron chi connectivity index (χ2n) is 4.51. The van der Waals surface area contributed by atoms with Gasteiger partial charge in [-0.3, -0.25) is 0 Å². The first kappa shape index (κ1) is 14.9. The highest BCUT2D eigenvalue weighted by molar-refractivity contribution is 6.16. The quantitative estimate of drug-likeness (QED) is 0.651. The van der Waals surface area contributed by atoms with Gasteiger partial charge in [-0.25, -0.2) is 4.79 Å². The topological polar surface area (TPSA) is 38.3 Å². The van der Waals surface area contributed by atoms with E-state index in [9.17, 15) is 4.79 Å². The average molecular weight is 281 g/mol. The zero-order valence-electron chi connectivity index (χ0n) is 12.1. The van der Waals surface area contributed by atoms with Gasteiger partial charge in [0.25, 0.3) is 0 Å². The van der Waals surface area contributed by atoms with Crippen molar-refractivity contribution in [2.24, 2.45) is 0 Å². The average Bonchev–Trinajstić information content (AvgIpc) is 2.53. The molecule has 108 valence electrons. The van der Waals surface area contributed by atoms with Gasteiger partial charge in [0.1, 0.15) is 0 Å². The maximum Gasteiger partial charge on any atom is 0.340 e. The third-order valence-electron chi connectivity index (χ3n) is 2.98. The SMILES string of the molecule is CCOC(=O)C(=CNCc1ccccc1)c1ccccc1. The molecule has 0 aliphatic carbocycles. The summed E-state index contributed by atoms with van der Waals surface area (Å²) in [6.07, 6.45) is 1.72. The molecule has 0 spiro atoms. The molecule has 2 rings (SSSR count).